The molecule has 6 heteroatoms. The van der Waals surface area contributed by atoms with Crippen LogP contribution in [0.15, 0.2) is 36.7 Å². The van der Waals surface area contributed by atoms with Crippen LogP contribution in [-0.4, -0.2) is 24.0 Å². The highest BCUT2D eigenvalue weighted by atomic mass is 35.5. The molecule has 1 aliphatic rings. The smallest absolute Gasteiger partial charge is 0.257 e. The minimum absolute atomic E-state index is 0.248. The molecule has 1 fully saturated rings. The van der Waals surface area contributed by atoms with Gasteiger partial charge in [-0.3, -0.25) is 9.78 Å². The van der Waals surface area contributed by atoms with Crippen LogP contribution in [0.4, 0.5) is 11.4 Å². The maximum Gasteiger partial charge on any atom is 0.257 e. The lowest BCUT2D eigenvalue weighted by molar-refractivity contribution is 0.102. The van der Waals surface area contributed by atoms with Crippen molar-refractivity contribution in [1.29, 1.82) is 0 Å². The summed E-state index contributed by atoms with van der Waals surface area (Å²) in [5.74, 6) is 0.311. The molecule has 0 spiro atoms. The number of pyridine rings is 1. The van der Waals surface area contributed by atoms with E-state index in [1.54, 1.807) is 37.7 Å². The Morgan fingerprint density at radius 3 is 2.65 bits per heavy atom. The van der Waals surface area contributed by atoms with E-state index in [9.17, 15) is 4.79 Å². The molecule has 138 valence electrons. The minimum Gasteiger partial charge on any atom is -0.495 e. The lowest BCUT2D eigenvalue weighted by Gasteiger charge is -2.18. The first kappa shape index (κ1) is 18.5. The van der Waals surface area contributed by atoms with Crippen molar-refractivity contribution >= 4 is 28.9 Å². The fourth-order valence-corrected chi connectivity index (χ4v) is 3.45. The fraction of sp³-hybridized carbons (Fsp3) is 0.400. The Morgan fingerprint density at radius 1 is 1.15 bits per heavy atom. The van der Waals surface area contributed by atoms with Crippen LogP contribution in [0.2, 0.25) is 5.02 Å². The van der Waals surface area contributed by atoms with Crippen LogP contribution >= 0.6 is 11.6 Å². The predicted octanol–water partition coefficient (Wildman–Crippen LogP) is 5.13. The van der Waals surface area contributed by atoms with Crippen molar-refractivity contribution in [3.8, 4) is 5.75 Å². The highest BCUT2D eigenvalue weighted by Crippen LogP contribution is 2.28. The molecule has 1 aromatic carbocycles. The number of nitrogens with zero attached hydrogens (tertiary/aromatic N) is 1. The number of carbonyl (C=O) groups is 1. The molecule has 0 aliphatic heterocycles. The van der Waals surface area contributed by atoms with Gasteiger partial charge in [-0.2, -0.15) is 0 Å². The first-order chi connectivity index (χ1) is 12.7. The van der Waals surface area contributed by atoms with Crippen LogP contribution < -0.4 is 15.4 Å². The van der Waals surface area contributed by atoms with Crippen LogP contribution in [0.1, 0.15) is 48.9 Å². The molecule has 0 saturated heterocycles. The minimum atomic E-state index is -0.248. The van der Waals surface area contributed by atoms with E-state index < -0.39 is 0 Å². The number of rotatable bonds is 5. The van der Waals surface area contributed by atoms with E-state index in [0.717, 1.165) is 18.5 Å². The summed E-state index contributed by atoms with van der Waals surface area (Å²) < 4.78 is 5.27. The summed E-state index contributed by atoms with van der Waals surface area (Å²) in [6.07, 6.45) is 10.8. The Kier molecular flexibility index (Phi) is 6.34. The number of anilines is 2. The fourth-order valence-electron chi connectivity index (χ4n) is 3.27. The van der Waals surface area contributed by atoms with Gasteiger partial charge in [0.25, 0.3) is 5.91 Å². The summed E-state index contributed by atoms with van der Waals surface area (Å²) in [6, 6.07) is 7.39. The van der Waals surface area contributed by atoms with Crippen molar-refractivity contribution in [2.75, 3.05) is 17.7 Å². The zero-order valence-electron chi connectivity index (χ0n) is 14.9. The van der Waals surface area contributed by atoms with Crippen molar-refractivity contribution in [2.45, 2.75) is 44.6 Å². The predicted molar refractivity (Wildman–Crippen MR) is 105 cm³/mol. The molecule has 5 nitrogen and oxygen atoms in total. The first-order valence-electron chi connectivity index (χ1n) is 9.02. The topological polar surface area (TPSA) is 63.2 Å². The van der Waals surface area contributed by atoms with Crippen LogP contribution in [0.25, 0.3) is 0 Å². The lowest BCUT2D eigenvalue weighted by atomic mass is 10.1. The Balaban J connectivity index is 1.71. The van der Waals surface area contributed by atoms with Gasteiger partial charge >= 0.3 is 0 Å². The third-order valence-electron chi connectivity index (χ3n) is 4.64. The molecule has 1 aromatic heterocycles. The van der Waals surface area contributed by atoms with Crippen LogP contribution in [-0.2, 0) is 0 Å². The third-order valence-corrected chi connectivity index (χ3v) is 4.87. The molecule has 1 aliphatic carbocycles. The summed E-state index contributed by atoms with van der Waals surface area (Å²) in [7, 11) is 1.55. The molecule has 26 heavy (non-hydrogen) atoms. The standard InChI is InChI=1S/C20H24ClN3O2/c1-26-19-9-8-15(21)11-18(19)24-20(25)14-10-17(13-22-12-14)23-16-6-4-2-3-5-7-16/h8-13,16,23H,2-7H2,1H3,(H,24,25). The third kappa shape index (κ3) is 4.88. The molecule has 3 rings (SSSR count). The molecule has 1 heterocycles. The number of benzene rings is 1. The SMILES string of the molecule is COc1ccc(Cl)cc1NC(=O)c1cncc(NC2CCCCCC2)c1. The van der Waals surface area contributed by atoms with E-state index in [-0.39, 0.29) is 5.91 Å². The Hall–Kier alpha value is -2.27. The highest BCUT2D eigenvalue weighted by molar-refractivity contribution is 6.31. The number of hydrogen-bond donors (Lipinski definition) is 2. The van der Waals surface area contributed by atoms with Crippen molar-refractivity contribution < 1.29 is 9.53 Å². The van der Waals surface area contributed by atoms with Crippen molar-refractivity contribution in [1.82, 2.24) is 4.98 Å². The summed E-state index contributed by atoms with van der Waals surface area (Å²) in [6.45, 7) is 0. The zero-order valence-corrected chi connectivity index (χ0v) is 15.7. The molecule has 0 bridgehead atoms. The van der Waals surface area contributed by atoms with Gasteiger partial charge in [0.15, 0.2) is 0 Å². The lowest BCUT2D eigenvalue weighted by Crippen LogP contribution is -2.19. The van der Waals surface area contributed by atoms with Gasteiger partial charge in [-0.1, -0.05) is 37.3 Å². The van der Waals surface area contributed by atoms with E-state index in [1.807, 2.05) is 6.07 Å². The summed E-state index contributed by atoms with van der Waals surface area (Å²) in [5, 5.41) is 6.90. The van der Waals surface area contributed by atoms with Crippen molar-refractivity contribution in [3.05, 3.63) is 47.2 Å². The second-order valence-corrected chi connectivity index (χ2v) is 7.03. The molecule has 0 unspecified atom stereocenters. The summed E-state index contributed by atoms with van der Waals surface area (Å²) in [5.41, 5.74) is 1.90. The maximum absolute atomic E-state index is 12.6. The van der Waals surface area contributed by atoms with Crippen LogP contribution in [0.5, 0.6) is 5.75 Å². The van der Waals surface area contributed by atoms with E-state index in [2.05, 4.69) is 15.6 Å². The summed E-state index contributed by atoms with van der Waals surface area (Å²) in [4.78, 5) is 16.8. The van der Waals surface area contributed by atoms with E-state index in [0.29, 0.717) is 28.1 Å². The molecular formula is C20H24ClN3O2. The largest absolute Gasteiger partial charge is 0.495 e. The molecule has 0 radical (unpaired) electrons. The monoisotopic (exact) mass is 373 g/mol. The first-order valence-corrected chi connectivity index (χ1v) is 9.40. The van der Waals surface area contributed by atoms with Gasteiger partial charge in [-0.15, -0.1) is 0 Å². The van der Waals surface area contributed by atoms with Gasteiger partial charge in [0, 0.05) is 23.5 Å². The maximum atomic E-state index is 12.6. The van der Waals surface area contributed by atoms with Crippen LogP contribution in [0.3, 0.4) is 0 Å². The Morgan fingerprint density at radius 2 is 1.92 bits per heavy atom. The average molecular weight is 374 g/mol. The van der Waals surface area contributed by atoms with Crippen molar-refractivity contribution in [3.63, 3.8) is 0 Å². The van der Waals surface area contributed by atoms with Gasteiger partial charge in [-0.25, -0.2) is 0 Å². The number of halogens is 1. The van der Waals surface area contributed by atoms with Gasteiger partial charge in [-0.05, 0) is 37.1 Å². The number of hydrogen-bond acceptors (Lipinski definition) is 4. The van der Waals surface area contributed by atoms with Gasteiger partial charge < -0.3 is 15.4 Å². The van der Waals surface area contributed by atoms with Gasteiger partial charge in [0.2, 0.25) is 0 Å². The average Bonchev–Trinajstić information content (AvgIpc) is 2.91. The van der Waals surface area contributed by atoms with E-state index in [1.165, 1.54) is 25.7 Å². The number of aromatic nitrogens is 1. The molecule has 2 aromatic rings. The molecule has 0 atom stereocenters. The molecule has 1 amide bonds. The molecule has 2 N–H and O–H groups in total. The van der Waals surface area contributed by atoms with Gasteiger partial charge in [0.1, 0.15) is 5.75 Å². The van der Waals surface area contributed by atoms with E-state index in [4.69, 9.17) is 16.3 Å². The second-order valence-electron chi connectivity index (χ2n) is 6.59. The summed E-state index contributed by atoms with van der Waals surface area (Å²) >= 11 is 6.02. The highest BCUT2D eigenvalue weighted by Gasteiger charge is 2.14. The zero-order chi connectivity index (χ0) is 18.4. The number of amides is 1. The Labute approximate surface area is 159 Å². The second kappa shape index (κ2) is 8.90. The number of methoxy groups -OCH3 is 1. The molecular weight excluding hydrogens is 350 g/mol. The van der Waals surface area contributed by atoms with E-state index >= 15 is 0 Å². The van der Waals surface area contributed by atoms with Crippen LogP contribution in [0, 0.1) is 0 Å². The number of ether oxygens (including phenoxy) is 1. The van der Waals surface area contributed by atoms with Crippen molar-refractivity contribution in [2.24, 2.45) is 0 Å². The van der Waals surface area contributed by atoms with Gasteiger partial charge in [0.05, 0.1) is 24.0 Å². The quantitative estimate of drug-likeness (QED) is 0.713. The normalized spacial score (nSPS) is 15.2. The molecule has 1 saturated carbocycles. The Bertz CT molecular complexity index is 758. The number of carbonyl (C=O) groups excluding carboxylic acids is 1. The number of nitrogens with one attached hydrogen (secondary N) is 2.